The van der Waals surface area contributed by atoms with Gasteiger partial charge >= 0.3 is 0 Å². The summed E-state index contributed by atoms with van der Waals surface area (Å²) in [5.41, 5.74) is 1.71. The van der Waals surface area contributed by atoms with Gasteiger partial charge in [-0.1, -0.05) is 25.4 Å². The van der Waals surface area contributed by atoms with Gasteiger partial charge in [0.05, 0.1) is 11.1 Å². The van der Waals surface area contributed by atoms with Gasteiger partial charge in [-0.3, -0.25) is 9.59 Å². The van der Waals surface area contributed by atoms with Crippen LogP contribution in [0.25, 0.3) is 0 Å². The van der Waals surface area contributed by atoms with Crippen molar-refractivity contribution in [3.05, 3.63) is 52.2 Å². The van der Waals surface area contributed by atoms with E-state index in [0.29, 0.717) is 11.5 Å². The third-order valence-electron chi connectivity index (χ3n) is 4.27. The maximum atomic E-state index is 13.0. The van der Waals surface area contributed by atoms with E-state index in [1.807, 2.05) is 6.07 Å². The van der Waals surface area contributed by atoms with Crippen molar-refractivity contribution in [2.45, 2.75) is 46.6 Å². The Morgan fingerprint density at radius 1 is 1.19 bits per heavy atom. The molecule has 2 N–H and O–H groups in total. The second-order valence-electron chi connectivity index (χ2n) is 7.77. The quantitative estimate of drug-likeness (QED) is 0.578. The molecule has 1 unspecified atom stereocenters. The van der Waals surface area contributed by atoms with Gasteiger partial charge in [-0.25, -0.2) is 13.8 Å². The highest BCUT2D eigenvalue weighted by Crippen LogP contribution is 2.27. The highest BCUT2D eigenvalue weighted by molar-refractivity contribution is 6.32. The highest BCUT2D eigenvalue weighted by Gasteiger charge is 2.23. The van der Waals surface area contributed by atoms with Crippen LogP contribution in [-0.4, -0.2) is 29.3 Å². The minimum Gasteiger partial charge on any atom is -0.486 e. The molecule has 168 valence electrons. The average Bonchev–Trinajstić information content (AvgIpc) is 2.65. The molecule has 2 rings (SSSR count). The van der Waals surface area contributed by atoms with Crippen LogP contribution in [0.3, 0.4) is 0 Å². The second kappa shape index (κ2) is 10.0. The fraction of sp³-hybridized carbons (Fsp3) is 0.409. The summed E-state index contributed by atoms with van der Waals surface area (Å²) >= 11 is 6.07. The number of nitrogens with zero attached hydrogens (tertiary/aromatic N) is 1. The molecule has 6 nitrogen and oxygen atoms in total. The SMILES string of the molecule is Cc1cc(C(C)NC(=O)c2ccc(OCC(C)(F)F)c(Cl)c2)cc(NC(=O)C(C)C)n1. The van der Waals surface area contributed by atoms with Crippen molar-refractivity contribution in [1.29, 1.82) is 0 Å². The van der Waals surface area contributed by atoms with E-state index in [1.54, 1.807) is 33.8 Å². The molecule has 1 heterocycles. The zero-order valence-electron chi connectivity index (χ0n) is 18.1. The molecular formula is C22H26ClF2N3O3. The summed E-state index contributed by atoms with van der Waals surface area (Å²) in [5, 5.41) is 5.66. The van der Waals surface area contributed by atoms with Crippen LogP contribution in [0.15, 0.2) is 30.3 Å². The van der Waals surface area contributed by atoms with Crippen LogP contribution in [0.4, 0.5) is 14.6 Å². The van der Waals surface area contributed by atoms with Crippen molar-refractivity contribution in [3.8, 4) is 5.75 Å². The summed E-state index contributed by atoms with van der Waals surface area (Å²) in [7, 11) is 0. The van der Waals surface area contributed by atoms with Crippen molar-refractivity contribution in [2.75, 3.05) is 11.9 Å². The van der Waals surface area contributed by atoms with Crippen molar-refractivity contribution in [1.82, 2.24) is 10.3 Å². The Labute approximate surface area is 185 Å². The van der Waals surface area contributed by atoms with Crippen LogP contribution in [0.1, 0.15) is 55.4 Å². The van der Waals surface area contributed by atoms with Gasteiger partial charge in [-0.05, 0) is 49.7 Å². The fourth-order valence-corrected chi connectivity index (χ4v) is 2.84. The van der Waals surface area contributed by atoms with Crippen LogP contribution in [-0.2, 0) is 4.79 Å². The number of anilines is 1. The van der Waals surface area contributed by atoms with Gasteiger partial charge in [0.25, 0.3) is 11.8 Å². The standard InChI is InChI=1S/C22H26ClF2N3O3/c1-12(2)20(29)28-19-10-16(8-13(3)26-19)14(4)27-21(30)15-6-7-18(17(23)9-15)31-11-22(5,24)25/h6-10,12,14H,11H2,1-5H3,(H,27,30)(H,26,28,29). The molecule has 1 aromatic carbocycles. The number of carbonyl (C=O) groups is 2. The lowest BCUT2D eigenvalue weighted by molar-refractivity contribution is -0.118. The molecule has 0 saturated heterocycles. The number of hydrogen-bond donors (Lipinski definition) is 2. The smallest absolute Gasteiger partial charge is 0.278 e. The Kier molecular flexibility index (Phi) is 7.95. The van der Waals surface area contributed by atoms with Crippen LogP contribution in [0.2, 0.25) is 5.02 Å². The van der Waals surface area contributed by atoms with E-state index in [2.05, 4.69) is 15.6 Å². The van der Waals surface area contributed by atoms with E-state index in [-0.39, 0.29) is 28.2 Å². The molecule has 0 radical (unpaired) electrons. The highest BCUT2D eigenvalue weighted by atomic mass is 35.5. The lowest BCUT2D eigenvalue weighted by Crippen LogP contribution is -2.27. The molecule has 0 fully saturated rings. The number of benzene rings is 1. The zero-order valence-corrected chi connectivity index (χ0v) is 18.8. The van der Waals surface area contributed by atoms with E-state index in [4.69, 9.17) is 16.3 Å². The van der Waals surface area contributed by atoms with Crippen molar-refractivity contribution >= 4 is 29.2 Å². The number of aryl methyl sites for hydroxylation is 1. The monoisotopic (exact) mass is 453 g/mol. The molecule has 0 spiro atoms. The maximum absolute atomic E-state index is 13.0. The largest absolute Gasteiger partial charge is 0.486 e. The lowest BCUT2D eigenvalue weighted by Gasteiger charge is -2.17. The molecule has 0 bridgehead atoms. The van der Waals surface area contributed by atoms with Crippen LogP contribution in [0.5, 0.6) is 5.75 Å². The van der Waals surface area contributed by atoms with E-state index in [9.17, 15) is 18.4 Å². The van der Waals surface area contributed by atoms with Gasteiger partial charge in [0.15, 0.2) is 6.61 Å². The Morgan fingerprint density at radius 3 is 2.45 bits per heavy atom. The normalized spacial score (nSPS) is 12.4. The minimum absolute atomic E-state index is 0.0583. The van der Waals surface area contributed by atoms with E-state index < -0.39 is 24.5 Å². The topological polar surface area (TPSA) is 80.3 Å². The summed E-state index contributed by atoms with van der Waals surface area (Å²) in [6.07, 6.45) is 0. The summed E-state index contributed by atoms with van der Waals surface area (Å²) in [6.45, 7) is 7.08. The van der Waals surface area contributed by atoms with Gasteiger partial charge in [0.1, 0.15) is 11.6 Å². The maximum Gasteiger partial charge on any atom is 0.278 e. The number of carbonyl (C=O) groups excluding carboxylic acids is 2. The molecule has 9 heteroatoms. The first-order chi connectivity index (χ1) is 14.4. The molecule has 2 aromatic rings. The predicted molar refractivity (Wildman–Crippen MR) is 116 cm³/mol. The number of alkyl halides is 2. The molecule has 0 saturated carbocycles. The minimum atomic E-state index is -3.00. The predicted octanol–water partition coefficient (Wildman–Crippen LogP) is 5.16. The molecule has 31 heavy (non-hydrogen) atoms. The first-order valence-electron chi connectivity index (χ1n) is 9.76. The number of rotatable bonds is 8. The molecule has 1 aromatic heterocycles. The Morgan fingerprint density at radius 2 is 1.87 bits per heavy atom. The number of nitrogens with one attached hydrogen (secondary N) is 2. The van der Waals surface area contributed by atoms with E-state index in [0.717, 1.165) is 12.5 Å². The number of hydrogen-bond acceptors (Lipinski definition) is 4. The van der Waals surface area contributed by atoms with Crippen LogP contribution < -0.4 is 15.4 Å². The second-order valence-corrected chi connectivity index (χ2v) is 8.18. The lowest BCUT2D eigenvalue weighted by atomic mass is 10.1. The van der Waals surface area contributed by atoms with E-state index >= 15 is 0 Å². The summed E-state index contributed by atoms with van der Waals surface area (Å²) in [4.78, 5) is 28.9. The summed E-state index contributed by atoms with van der Waals surface area (Å²) in [6, 6.07) is 7.31. The van der Waals surface area contributed by atoms with Crippen LogP contribution in [0, 0.1) is 12.8 Å². The molecular weight excluding hydrogens is 428 g/mol. The molecule has 0 aliphatic carbocycles. The molecule has 0 aliphatic rings. The van der Waals surface area contributed by atoms with Crippen molar-refractivity contribution < 1.29 is 23.1 Å². The molecule has 2 amide bonds. The van der Waals surface area contributed by atoms with Crippen LogP contribution >= 0.6 is 11.6 Å². The van der Waals surface area contributed by atoms with Crippen molar-refractivity contribution in [2.24, 2.45) is 5.92 Å². The number of aromatic nitrogens is 1. The zero-order chi connectivity index (χ0) is 23.3. The fourth-order valence-electron chi connectivity index (χ4n) is 2.61. The Balaban J connectivity index is 2.11. The Hall–Kier alpha value is -2.74. The Bertz CT molecular complexity index is 962. The summed E-state index contributed by atoms with van der Waals surface area (Å²) < 4.78 is 30.9. The van der Waals surface area contributed by atoms with Gasteiger partial charge in [0.2, 0.25) is 5.91 Å². The van der Waals surface area contributed by atoms with Crippen molar-refractivity contribution in [3.63, 3.8) is 0 Å². The van der Waals surface area contributed by atoms with Gasteiger partial charge in [0, 0.05) is 24.1 Å². The molecule has 0 aliphatic heterocycles. The number of pyridine rings is 1. The number of halogens is 3. The summed E-state index contributed by atoms with van der Waals surface area (Å²) in [5.74, 6) is -3.26. The van der Waals surface area contributed by atoms with Gasteiger partial charge in [-0.15, -0.1) is 0 Å². The third kappa shape index (κ3) is 7.47. The third-order valence-corrected chi connectivity index (χ3v) is 4.57. The first kappa shape index (κ1) is 24.5. The average molecular weight is 454 g/mol. The number of ether oxygens (including phenoxy) is 1. The van der Waals surface area contributed by atoms with E-state index in [1.165, 1.54) is 18.2 Å². The van der Waals surface area contributed by atoms with Gasteiger partial charge in [-0.2, -0.15) is 0 Å². The number of amides is 2. The first-order valence-corrected chi connectivity index (χ1v) is 10.1. The van der Waals surface area contributed by atoms with Gasteiger partial charge < -0.3 is 15.4 Å². The molecule has 1 atom stereocenters.